The molecule has 0 N–H and O–H groups in total. The highest BCUT2D eigenvalue weighted by molar-refractivity contribution is 6.20. The normalized spacial score (nSPS) is 30.5. The summed E-state index contributed by atoms with van der Waals surface area (Å²) in [5, 5.41) is -0.0100. The second-order valence-corrected chi connectivity index (χ2v) is 10.8. The number of halogens is 1. The highest BCUT2D eigenvalue weighted by Crippen LogP contribution is 2.54. The van der Waals surface area contributed by atoms with Crippen molar-refractivity contribution in [3.63, 3.8) is 0 Å². The number of hydrogen-bond acceptors (Lipinski definition) is 4. The van der Waals surface area contributed by atoms with Crippen LogP contribution >= 0.6 is 11.6 Å². The third-order valence-corrected chi connectivity index (χ3v) is 5.94. The zero-order chi connectivity index (χ0) is 21.3. The van der Waals surface area contributed by atoms with Gasteiger partial charge in [-0.2, -0.15) is 0 Å². The van der Waals surface area contributed by atoms with Crippen molar-refractivity contribution in [2.24, 2.45) is 5.41 Å². The maximum atomic E-state index is 13.2. The predicted octanol–water partition coefficient (Wildman–Crippen LogP) is 5.45. The molecule has 1 amide bonds. The number of likely N-dealkylation sites (tertiary alicyclic amines) is 1. The molecule has 0 unspecified atom stereocenters. The Labute approximate surface area is 174 Å². The van der Waals surface area contributed by atoms with E-state index in [-0.39, 0.29) is 22.8 Å². The van der Waals surface area contributed by atoms with Gasteiger partial charge in [-0.1, -0.05) is 6.08 Å². The molecule has 5 nitrogen and oxygen atoms in total. The summed E-state index contributed by atoms with van der Waals surface area (Å²) in [6.45, 7) is 14.9. The van der Waals surface area contributed by atoms with E-state index < -0.39 is 23.3 Å². The van der Waals surface area contributed by atoms with Crippen molar-refractivity contribution < 1.29 is 19.1 Å². The number of alkyl halides is 1. The van der Waals surface area contributed by atoms with Gasteiger partial charge in [0.05, 0.1) is 0 Å². The second kappa shape index (κ2) is 8.25. The minimum absolute atomic E-state index is 0.0100. The molecular weight excluding hydrogens is 378 g/mol. The van der Waals surface area contributed by atoms with Crippen LogP contribution in [-0.2, 0) is 14.3 Å². The SMILES string of the molecule is C=CCC[C@@]12CC[C@H](Cl)C[C@@H]1N(C(=O)OC(C)(C)C)[C@H](C(=O)OC(C)(C)C)C2. The summed E-state index contributed by atoms with van der Waals surface area (Å²) < 4.78 is 11.4. The van der Waals surface area contributed by atoms with E-state index in [4.69, 9.17) is 21.1 Å². The zero-order valence-corrected chi connectivity index (χ0v) is 19.0. The molecule has 0 aromatic carbocycles. The molecule has 4 atom stereocenters. The highest BCUT2D eigenvalue weighted by atomic mass is 35.5. The van der Waals surface area contributed by atoms with Crippen LogP contribution in [0.25, 0.3) is 0 Å². The number of ether oxygens (including phenoxy) is 2. The lowest BCUT2D eigenvalue weighted by Crippen LogP contribution is -2.52. The van der Waals surface area contributed by atoms with Gasteiger partial charge in [0.25, 0.3) is 0 Å². The largest absolute Gasteiger partial charge is 0.458 e. The molecule has 2 rings (SSSR count). The number of carbonyl (C=O) groups excluding carboxylic acids is 2. The van der Waals surface area contributed by atoms with Crippen molar-refractivity contribution in [3.8, 4) is 0 Å². The van der Waals surface area contributed by atoms with E-state index in [1.54, 1.807) is 4.90 Å². The molecule has 28 heavy (non-hydrogen) atoms. The van der Waals surface area contributed by atoms with Crippen LogP contribution in [0.15, 0.2) is 12.7 Å². The number of carbonyl (C=O) groups is 2. The summed E-state index contributed by atoms with van der Waals surface area (Å²) in [6, 6.07) is -0.776. The first-order chi connectivity index (χ1) is 12.8. The molecule has 2 fully saturated rings. The molecule has 0 aromatic heterocycles. The number of rotatable bonds is 4. The molecule has 0 spiro atoms. The van der Waals surface area contributed by atoms with Gasteiger partial charge in [0.2, 0.25) is 0 Å². The maximum absolute atomic E-state index is 13.2. The molecule has 1 aliphatic carbocycles. The molecular formula is C22H36ClNO4. The minimum Gasteiger partial charge on any atom is -0.458 e. The Hall–Kier alpha value is -1.23. The fourth-order valence-corrected chi connectivity index (χ4v) is 4.77. The van der Waals surface area contributed by atoms with Crippen molar-refractivity contribution in [3.05, 3.63) is 12.7 Å². The smallest absolute Gasteiger partial charge is 0.411 e. The lowest BCUT2D eigenvalue weighted by molar-refractivity contribution is -0.160. The first kappa shape index (κ1) is 23.1. The Morgan fingerprint density at radius 1 is 1.18 bits per heavy atom. The van der Waals surface area contributed by atoms with E-state index in [2.05, 4.69) is 6.58 Å². The fourth-order valence-electron chi connectivity index (χ4n) is 4.49. The summed E-state index contributed by atoms with van der Waals surface area (Å²) in [6.07, 6.45) is 6.18. The van der Waals surface area contributed by atoms with Crippen LogP contribution in [0.4, 0.5) is 4.79 Å². The third-order valence-electron chi connectivity index (χ3n) is 5.54. The van der Waals surface area contributed by atoms with E-state index >= 15 is 0 Å². The van der Waals surface area contributed by atoms with E-state index in [0.29, 0.717) is 12.8 Å². The lowest BCUT2D eigenvalue weighted by Gasteiger charge is -2.43. The Balaban J connectivity index is 2.41. The summed E-state index contributed by atoms with van der Waals surface area (Å²) in [5.74, 6) is -0.364. The van der Waals surface area contributed by atoms with Gasteiger partial charge in [0.1, 0.15) is 17.2 Å². The molecule has 0 aromatic rings. The number of fused-ring (bicyclic) bond motifs is 1. The number of hydrogen-bond donors (Lipinski definition) is 0. The van der Waals surface area contributed by atoms with Gasteiger partial charge in [0, 0.05) is 11.4 Å². The summed E-state index contributed by atoms with van der Waals surface area (Å²) in [4.78, 5) is 27.8. The second-order valence-electron chi connectivity index (χ2n) is 10.2. The Morgan fingerprint density at radius 3 is 2.32 bits per heavy atom. The number of amides is 1. The third kappa shape index (κ3) is 5.43. The number of esters is 1. The first-order valence-electron chi connectivity index (χ1n) is 10.3. The van der Waals surface area contributed by atoms with Gasteiger partial charge in [0.15, 0.2) is 0 Å². The Morgan fingerprint density at radius 2 is 1.79 bits per heavy atom. The molecule has 160 valence electrons. The average molecular weight is 414 g/mol. The summed E-state index contributed by atoms with van der Waals surface area (Å²) in [7, 11) is 0. The van der Waals surface area contributed by atoms with E-state index in [1.807, 2.05) is 47.6 Å². The molecule has 2 aliphatic rings. The van der Waals surface area contributed by atoms with Gasteiger partial charge in [-0.05, 0) is 85.5 Å². The van der Waals surface area contributed by atoms with Crippen LogP contribution in [0.5, 0.6) is 0 Å². The molecule has 0 bridgehead atoms. The fraction of sp³-hybridized carbons (Fsp3) is 0.818. The summed E-state index contributed by atoms with van der Waals surface area (Å²) in [5.41, 5.74) is -1.41. The molecule has 1 saturated carbocycles. The summed E-state index contributed by atoms with van der Waals surface area (Å²) >= 11 is 6.50. The molecule has 1 heterocycles. The van der Waals surface area contributed by atoms with Gasteiger partial charge in [-0.25, -0.2) is 9.59 Å². The monoisotopic (exact) mass is 413 g/mol. The Kier molecular flexibility index (Phi) is 6.79. The van der Waals surface area contributed by atoms with Gasteiger partial charge in [-0.15, -0.1) is 18.2 Å². The van der Waals surface area contributed by atoms with Crippen molar-refractivity contribution in [1.82, 2.24) is 4.90 Å². The topological polar surface area (TPSA) is 55.8 Å². The van der Waals surface area contributed by atoms with Crippen LogP contribution in [0.1, 0.15) is 80.1 Å². The van der Waals surface area contributed by atoms with Gasteiger partial charge >= 0.3 is 12.1 Å². The number of allylic oxidation sites excluding steroid dienone is 1. The Bertz CT molecular complexity index is 607. The van der Waals surface area contributed by atoms with Crippen LogP contribution in [-0.4, -0.2) is 45.6 Å². The van der Waals surface area contributed by atoms with Crippen molar-refractivity contribution in [2.45, 2.75) is 109 Å². The molecule has 6 heteroatoms. The van der Waals surface area contributed by atoms with E-state index in [1.165, 1.54) is 0 Å². The van der Waals surface area contributed by atoms with Crippen molar-refractivity contribution in [2.75, 3.05) is 0 Å². The predicted molar refractivity (Wildman–Crippen MR) is 111 cm³/mol. The van der Waals surface area contributed by atoms with E-state index in [0.717, 1.165) is 25.7 Å². The van der Waals surface area contributed by atoms with Gasteiger partial charge < -0.3 is 9.47 Å². The quantitative estimate of drug-likeness (QED) is 0.349. The maximum Gasteiger partial charge on any atom is 0.411 e. The van der Waals surface area contributed by atoms with Crippen LogP contribution in [0.2, 0.25) is 0 Å². The van der Waals surface area contributed by atoms with Gasteiger partial charge in [-0.3, -0.25) is 4.90 Å². The number of nitrogens with zero attached hydrogens (tertiary/aromatic N) is 1. The minimum atomic E-state index is -0.647. The van der Waals surface area contributed by atoms with Crippen LogP contribution < -0.4 is 0 Å². The first-order valence-corrected chi connectivity index (χ1v) is 10.7. The molecule has 0 radical (unpaired) electrons. The molecule has 1 aliphatic heterocycles. The lowest BCUT2D eigenvalue weighted by atomic mass is 9.67. The van der Waals surface area contributed by atoms with Crippen molar-refractivity contribution >= 4 is 23.7 Å². The van der Waals surface area contributed by atoms with Crippen molar-refractivity contribution in [1.29, 1.82) is 0 Å². The van der Waals surface area contributed by atoms with E-state index in [9.17, 15) is 9.59 Å². The zero-order valence-electron chi connectivity index (χ0n) is 18.2. The standard InChI is InChI=1S/C22H36ClNO4/c1-8-9-11-22-12-10-15(23)13-17(22)24(19(26)28-21(5,6)7)16(14-22)18(25)27-20(2,3)4/h8,15-17H,1,9-14H2,2-7H3/t15-,16-,17-,22-/m0/s1. The highest BCUT2D eigenvalue weighted by Gasteiger charge is 2.58. The molecule has 1 saturated heterocycles. The van der Waals surface area contributed by atoms with Crippen LogP contribution in [0, 0.1) is 5.41 Å². The average Bonchev–Trinajstić information content (AvgIpc) is 2.85. The van der Waals surface area contributed by atoms with Crippen LogP contribution in [0.3, 0.4) is 0 Å².